The summed E-state index contributed by atoms with van der Waals surface area (Å²) in [6.45, 7) is 0. The van der Waals surface area contributed by atoms with Crippen molar-refractivity contribution >= 4 is 55.7 Å². The number of carbonyl (C=O) groups is 1. The van der Waals surface area contributed by atoms with Gasteiger partial charge >= 0.3 is 0 Å². The monoisotopic (exact) mass is 369 g/mol. The number of aromatic nitrogens is 2. The number of fused-ring (bicyclic) bond motifs is 2. The zero-order valence-electron chi connectivity index (χ0n) is 12.8. The fourth-order valence-electron chi connectivity index (χ4n) is 2.57. The lowest BCUT2D eigenvalue weighted by Gasteiger charge is -1.97. The predicted molar refractivity (Wildman–Crippen MR) is 99.6 cm³/mol. The Balaban J connectivity index is 1.53. The maximum absolute atomic E-state index is 12.5. The third-order valence-corrected chi connectivity index (χ3v) is 5.94. The molecule has 0 bridgehead atoms. The second-order valence-corrected chi connectivity index (χ2v) is 7.60. The van der Waals surface area contributed by atoms with Crippen molar-refractivity contribution in [2.75, 3.05) is 5.75 Å². The van der Waals surface area contributed by atoms with Crippen molar-refractivity contribution in [3.8, 4) is 0 Å². The summed E-state index contributed by atoms with van der Waals surface area (Å²) in [5.74, 6) is 0.289. The zero-order chi connectivity index (χ0) is 17.4. The molecule has 2 aromatic carbocycles. The first-order chi connectivity index (χ1) is 12.1. The van der Waals surface area contributed by atoms with Crippen LogP contribution >= 0.6 is 23.1 Å². The molecule has 0 saturated carbocycles. The van der Waals surface area contributed by atoms with E-state index in [1.54, 1.807) is 12.3 Å². The van der Waals surface area contributed by atoms with Crippen LogP contribution in [0.3, 0.4) is 0 Å². The maximum Gasteiger partial charge on any atom is 0.270 e. The van der Waals surface area contributed by atoms with Gasteiger partial charge in [-0.25, -0.2) is 4.98 Å². The van der Waals surface area contributed by atoms with Gasteiger partial charge in [0.15, 0.2) is 10.1 Å². The van der Waals surface area contributed by atoms with E-state index >= 15 is 0 Å². The summed E-state index contributed by atoms with van der Waals surface area (Å²) in [6, 6.07) is 12.3. The summed E-state index contributed by atoms with van der Waals surface area (Å²) in [5, 5.41) is 11.8. The molecule has 0 unspecified atom stereocenters. The first-order valence-corrected chi connectivity index (χ1v) is 9.19. The van der Waals surface area contributed by atoms with E-state index in [-0.39, 0.29) is 17.2 Å². The number of thiazole rings is 1. The predicted octanol–water partition coefficient (Wildman–Crippen LogP) is 4.66. The number of Topliss-reactive ketones (excluding diaryl/α,β-unsaturated/α-hetero) is 1. The molecule has 0 aliphatic heterocycles. The Labute approximate surface area is 150 Å². The van der Waals surface area contributed by atoms with Crippen LogP contribution in [0.4, 0.5) is 5.69 Å². The van der Waals surface area contributed by atoms with E-state index in [1.807, 2.05) is 24.3 Å². The summed E-state index contributed by atoms with van der Waals surface area (Å²) < 4.78 is 1.47. The molecule has 1 N–H and O–H groups in total. The lowest BCUT2D eigenvalue weighted by atomic mass is 10.1. The van der Waals surface area contributed by atoms with E-state index in [1.165, 1.54) is 35.2 Å². The third kappa shape index (κ3) is 3.01. The van der Waals surface area contributed by atoms with E-state index in [9.17, 15) is 14.9 Å². The second-order valence-electron chi connectivity index (χ2n) is 5.35. The first-order valence-electron chi connectivity index (χ1n) is 7.39. The van der Waals surface area contributed by atoms with Crippen LogP contribution in [0.2, 0.25) is 0 Å². The summed E-state index contributed by atoms with van der Waals surface area (Å²) >= 11 is 2.71. The fourth-order valence-corrected chi connectivity index (χ4v) is 4.56. The van der Waals surface area contributed by atoms with Gasteiger partial charge in [-0.15, -0.1) is 11.3 Å². The number of hydrogen-bond acceptors (Lipinski definition) is 6. The molecule has 0 radical (unpaired) electrons. The van der Waals surface area contributed by atoms with Gasteiger partial charge in [-0.1, -0.05) is 30.0 Å². The normalized spacial score (nSPS) is 11.2. The van der Waals surface area contributed by atoms with Gasteiger partial charge in [-0.05, 0) is 12.1 Å². The number of para-hydroxylation sites is 1. The standard InChI is InChI=1S/C17H11N3O3S2/c21-15(12-8-18-13-4-2-1-3-11(12)13)9-24-17-19-14-6-5-10(20(22)23)7-16(14)25-17/h1-8,18H,9H2. The van der Waals surface area contributed by atoms with Crippen molar-refractivity contribution in [1.82, 2.24) is 9.97 Å². The number of hydrogen-bond donors (Lipinski definition) is 1. The summed E-state index contributed by atoms with van der Waals surface area (Å²) in [6.07, 6.45) is 1.73. The lowest BCUT2D eigenvalue weighted by Crippen LogP contribution is -2.01. The Kier molecular flexibility index (Phi) is 3.98. The minimum absolute atomic E-state index is 0.0210. The maximum atomic E-state index is 12.5. The summed E-state index contributed by atoms with van der Waals surface area (Å²) in [4.78, 5) is 30.4. The minimum atomic E-state index is -0.424. The van der Waals surface area contributed by atoms with E-state index in [0.717, 1.165) is 19.9 Å². The highest BCUT2D eigenvalue weighted by Gasteiger charge is 2.15. The van der Waals surface area contributed by atoms with E-state index in [4.69, 9.17) is 0 Å². The van der Waals surface area contributed by atoms with Crippen LogP contribution in [-0.2, 0) is 0 Å². The quantitative estimate of drug-likeness (QED) is 0.239. The molecule has 25 heavy (non-hydrogen) atoms. The van der Waals surface area contributed by atoms with Gasteiger partial charge in [0.25, 0.3) is 5.69 Å². The number of nitrogens with zero attached hydrogens (tertiary/aromatic N) is 2. The van der Waals surface area contributed by atoms with E-state index in [0.29, 0.717) is 11.1 Å². The molecule has 0 aliphatic rings. The number of thioether (sulfide) groups is 1. The molecule has 0 atom stereocenters. The van der Waals surface area contributed by atoms with Crippen LogP contribution in [0.1, 0.15) is 10.4 Å². The number of ketones is 1. The number of H-pyrrole nitrogens is 1. The molecule has 0 saturated heterocycles. The molecule has 0 spiro atoms. The van der Waals surface area contributed by atoms with Crippen molar-refractivity contribution in [2.24, 2.45) is 0 Å². The molecule has 4 rings (SSSR count). The Bertz CT molecular complexity index is 1120. The van der Waals surface area contributed by atoms with Crippen LogP contribution in [-0.4, -0.2) is 26.4 Å². The summed E-state index contributed by atoms with van der Waals surface area (Å²) in [5.41, 5.74) is 2.35. The van der Waals surface area contributed by atoms with Crippen molar-refractivity contribution < 1.29 is 9.72 Å². The van der Waals surface area contributed by atoms with Crippen molar-refractivity contribution in [3.63, 3.8) is 0 Å². The topological polar surface area (TPSA) is 88.9 Å². The summed E-state index contributed by atoms with van der Waals surface area (Å²) in [7, 11) is 0. The highest BCUT2D eigenvalue weighted by atomic mass is 32.2. The highest BCUT2D eigenvalue weighted by molar-refractivity contribution is 8.01. The number of aromatic amines is 1. The average Bonchev–Trinajstić information content (AvgIpc) is 3.22. The van der Waals surface area contributed by atoms with Crippen LogP contribution in [0.15, 0.2) is 53.0 Å². The second kappa shape index (κ2) is 6.30. The molecule has 0 amide bonds. The third-order valence-electron chi connectivity index (χ3n) is 3.78. The van der Waals surface area contributed by atoms with Gasteiger partial charge in [0.05, 0.1) is 20.9 Å². The molecule has 6 nitrogen and oxygen atoms in total. The molecule has 8 heteroatoms. The molecule has 0 fully saturated rings. The van der Waals surface area contributed by atoms with Crippen molar-refractivity contribution in [1.29, 1.82) is 0 Å². The van der Waals surface area contributed by atoms with Crippen molar-refractivity contribution in [3.05, 3.63) is 64.3 Å². The highest BCUT2D eigenvalue weighted by Crippen LogP contribution is 2.32. The molecule has 2 heterocycles. The Morgan fingerprint density at radius 1 is 1.28 bits per heavy atom. The van der Waals surface area contributed by atoms with Gasteiger partial charge in [-0.2, -0.15) is 0 Å². The van der Waals surface area contributed by atoms with E-state index in [2.05, 4.69) is 9.97 Å². The van der Waals surface area contributed by atoms with Gasteiger partial charge in [0, 0.05) is 34.8 Å². The molecule has 124 valence electrons. The molecule has 2 aromatic heterocycles. The Hall–Kier alpha value is -2.71. The van der Waals surface area contributed by atoms with Gasteiger partial charge < -0.3 is 4.98 Å². The Morgan fingerprint density at radius 2 is 2.12 bits per heavy atom. The number of nitro groups is 1. The van der Waals surface area contributed by atoms with Gasteiger partial charge in [0.1, 0.15) is 0 Å². The number of non-ortho nitro benzene ring substituents is 1. The molecule has 4 aromatic rings. The number of nitrogens with one attached hydrogen (secondary N) is 1. The average molecular weight is 369 g/mol. The number of benzene rings is 2. The number of nitro benzene ring substituents is 1. The SMILES string of the molecule is O=C(CSc1nc2ccc([N+](=O)[O-])cc2s1)c1c[nH]c2ccccc12. The van der Waals surface area contributed by atoms with Crippen LogP contribution in [0.25, 0.3) is 21.1 Å². The first kappa shape index (κ1) is 15.8. The van der Waals surface area contributed by atoms with Crippen molar-refractivity contribution in [2.45, 2.75) is 4.34 Å². The number of rotatable bonds is 5. The number of carbonyl (C=O) groups excluding carboxylic acids is 1. The molecular formula is C17H11N3O3S2. The van der Waals surface area contributed by atoms with E-state index < -0.39 is 4.92 Å². The smallest absolute Gasteiger partial charge is 0.270 e. The van der Waals surface area contributed by atoms with Gasteiger partial charge in [-0.3, -0.25) is 14.9 Å². The largest absolute Gasteiger partial charge is 0.360 e. The van der Waals surface area contributed by atoms with Crippen LogP contribution in [0.5, 0.6) is 0 Å². The van der Waals surface area contributed by atoms with Crippen LogP contribution in [0, 0.1) is 10.1 Å². The molecular weight excluding hydrogens is 358 g/mol. The van der Waals surface area contributed by atoms with Gasteiger partial charge in [0.2, 0.25) is 0 Å². The van der Waals surface area contributed by atoms with Crippen LogP contribution < -0.4 is 0 Å². The lowest BCUT2D eigenvalue weighted by molar-refractivity contribution is -0.384. The fraction of sp³-hybridized carbons (Fsp3) is 0.0588. The Morgan fingerprint density at radius 3 is 2.96 bits per heavy atom. The minimum Gasteiger partial charge on any atom is -0.360 e. The molecule has 0 aliphatic carbocycles. The zero-order valence-corrected chi connectivity index (χ0v) is 14.4.